The molecule has 0 aromatic carbocycles. The fourth-order valence-corrected chi connectivity index (χ4v) is 9.69. The normalized spacial score (nSPS) is 26.6. The van der Waals surface area contributed by atoms with E-state index in [0.717, 1.165) is 113 Å². The number of nitrogens with zero attached hydrogens (tertiary/aromatic N) is 4. The fraction of sp³-hybridized carbons (Fsp3) is 0.618. The van der Waals surface area contributed by atoms with Crippen molar-refractivity contribution in [1.82, 2.24) is 14.7 Å². The smallest absolute Gasteiger partial charge is 0.379 e. The van der Waals surface area contributed by atoms with Crippen LogP contribution in [0.3, 0.4) is 0 Å². The molecule has 1 saturated heterocycles. The van der Waals surface area contributed by atoms with Crippen molar-refractivity contribution >= 4 is 6.03 Å². The Morgan fingerprint density at radius 3 is 2.27 bits per heavy atom. The van der Waals surface area contributed by atoms with Gasteiger partial charge in [0, 0.05) is 49.4 Å². The van der Waals surface area contributed by atoms with Gasteiger partial charge >= 0.3 is 6.03 Å². The van der Waals surface area contributed by atoms with Crippen molar-refractivity contribution in [2.75, 3.05) is 33.9 Å². The maximum atomic E-state index is 14.6. The fourth-order valence-electron chi connectivity index (χ4n) is 9.69. The van der Waals surface area contributed by atoms with Gasteiger partial charge in [0.15, 0.2) is 6.23 Å². The summed E-state index contributed by atoms with van der Waals surface area (Å²) < 4.78 is 5.34. The molecule has 1 saturated carbocycles. The van der Waals surface area contributed by atoms with E-state index in [1.807, 2.05) is 14.0 Å². The molecule has 3 aliphatic rings. The molecule has 8 nitrogen and oxygen atoms in total. The number of likely N-dealkylation sites (N-methyl/N-ethyl adjacent to an activating group) is 1. The number of carbonyl (C=O) groups is 1. The van der Waals surface area contributed by atoms with Crippen molar-refractivity contribution in [2.45, 2.75) is 190 Å². The van der Waals surface area contributed by atoms with Crippen LogP contribution in [0.5, 0.6) is 0 Å². The third kappa shape index (κ3) is 13.9. The Morgan fingerprint density at radius 2 is 1.65 bits per heavy atom. The Balaban J connectivity index is 2.48. The summed E-state index contributed by atoms with van der Waals surface area (Å²) in [5.74, 6) is 0. The number of carbonyl (C=O) groups excluding carboxylic acids is 1. The van der Waals surface area contributed by atoms with Gasteiger partial charge < -0.3 is 24.7 Å². The first-order valence-corrected chi connectivity index (χ1v) is 24.7. The van der Waals surface area contributed by atoms with E-state index in [1.54, 1.807) is 12.0 Å². The number of amides is 2. The van der Waals surface area contributed by atoms with E-state index in [1.165, 1.54) is 22.7 Å². The number of unbranched alkanes of at least 4 members (excludes halogenated alkanes) is 1. The van der Waals surface area contributed by atoms with Crippen LogP contribution in [0.4, 0.5) is 4.79 Å². The summed E-state index contributed by atoms with van der Waals surface area (Å²) in [6.45, 7) is 23.4. The summed E-state index contributed by atoms with van der Waals surface area (Å²) >= 11 is 0. The lowest BCUT2D eigenvalue weighted by atomic mass is 9.91. The Kier molecular flexibility index (Phi) is 23.5. The Morgan fingerprint density at radius 1 is 0.937 bits per heavy atom. The van der Waals surface area contributed by atoms with Crippen LogP contribution in [-0.2, 0) is 4.74 Å². The molecular formula is C55H89N4O4+. The van der Waals surface area contributed by atoms with E-state index in [-0.39, 0.29) is 23.2 Å². The van der Waals surface area contributed by atoms with Gasteiger partial charge in [0.25, 0.3) is 0 Å². The van der Waals surface area contributed by atoms with Gasteiger partial charge in [-0.3, -0.25) is 4.90 Å². The summed E-state index contributed by atoms with van der Waals surface area (Å²) in [5, 5.41) is 25.3. The van der Waals surface area contributed by atoms with Crippen LogP contribution in [0.1, 0.15) is 159 Å². The number of hydrogen-bond acceptors (Lipinski definition) is 6. The summed E-state index contributed by atoms with van der Waals surface area (Å²) in [7, 11) is 3.45. The van der Waals surface area contributed by atoms with Crippen LogP contribution in [-0.4, -0.2) is 99.9 Å². The predicted octanol–water partition coefficient (Wildman–Crippen LogP) is 12.9. The van der Waals surface area contributed by atoms with Crippen molar-refractivity contribution in [3.05, 3.63) is 118 Å². The van der Waals surface area contributed by atoms with E-state index in [4.69, 9.17) is 4.74 Å². The molecule has 2 N–H and O–H groups in total. The number of rotatable bonds is 22. The maximum absolute atomic E-state index is 14.6. The van der Waals surface area contributed by atoms with E-state index >= 15 is 0 Å². The van der Waals surface area contributed by atoms with Crippen LogP contribution in [0.2, 0.25) is 0 Å². The lowest BCUT2D eigenvalue weighted by Crippen LogP contribution is -2.73. The highest BCUT2D eigenvalue weighted by atomic mass is 16.5. The van der Waals surface area contributed by atoms with Crippen LogP contribution in [0.15, 0.2) is 118 Å². The molecule has 63 heavy (non-hydrogen) atoms. The van der Waals surface area contributed by atoms with Gasteiger partial charge in [-0.05, 0) is 140 Å². The number of aliphatic hydroxyl groups excluding tert-OH is 2. The maximum Gasteiger partial charge on any atom is 0.424 e. The molecule has 352 valence electrons. The zero-order chi connectivity index (χ0) is 46.5. The standard InChI is InChI=1S/C55H89N4O4/c1-13-20-22-23-30-50(58(43(9)27-16-4)48(18-6)19-7)38-35-47-33-32-46(34-37-49-36-31-45(28-17-5)29-24-25-40-56(49)42(8)26-15-3)51(47)52-53(60)57(39-21-14-2)55(62)59(11,54(52)61)44(10)41-63-12/h17-18,20,22,24-25,28-29,34-35,37-38,42-44,53-54,60-61H,13-16,19,21,23,26-27,30-33,36,39-41H2,1-12H3/q+1. The lowest BCUT2D eigenvalue weighted by Gasteiger charge is -2.50. The topological polar surface area (TPSA) is 76.5 Å². The van der Waals surface area contributed by atoms with Gasteiger partial charge in [0.2, 0.25) is 6.23 Å². The highest BCUT2D eigenvalue weighted by Gasteiger charge is 2.57. The van der Waals surface area contributed by atoms with Gasteiger partial charge in [-0.2, -0.15) is 0 Å². The van der Waals surface area contributed by atoms with Gasteiger partial charge in [-0.15, -0.1) is 0 Å². The zero-order valence-corrected chi connectivity index (χ0v) is 41.8. The molecule has 0 aromatic rings. The molecule has 2 heterocycles. The Labute approximate surface area is 385 Å². The Hall–Kier alpha value is -3.69. The molecule has 2 fully saturated rings. The molecule has 0 radical (unpaired) electrons. The van der Waals surface area contributed by atoms with Crippen molar-refractivity contribution in [1.29, 1.82) is 0 Å². The van der Waals surface area contributed by atoms with Gasteiger partial charge in [-0.1, -0.05) is 115 Å². The molecule has 6 atom stereocenters. The van der Waals surface area contributed by atoms with Crippen LogP contribution < -0.4 is 0 Å². The second-order valence-electron chi connectivity index (χ2n) is 18.1. The van der Waals surface area contributed by atoms with E-state index < -0.39 is 12.5 Å². The lowest BCUT2D eigenvalue weighted by molar-refractivity contribution is -0.904. The highest BCUT2D eigenvalue weighted by molar-refractivity contribution is 5.71. The summed E-state index contributed by atoms with van der Waals surface area (Å²) in [4.78, 5) is 21.3. The van der Waals surface area contributed by atoms with Crippen molar-refractivity contribution in [3.8, 4) is 0 Å². The average Bonchev–Trinajstić information content (AvgIpc) is 3.70. The first kappa shape index (κ1) is 53.6. The second-order valence-corrected chi connectivity index (χ2v) is 18.1. The summed E-state index contributed by atoms with van der Waals surface area (Å²) in [6.07, 6.45) is 37.6. The number of allylic oxidation sites excluding steroid dienone is 18. The Bertz CT molecular complexity index is 1770. The van der Waals surface area contributed by atoms with Crippen LogP contribution >= 0.6 is 0 Å². The van der Waals surface area contributed by atoms with Crippen molar-refractivity contribution < 1.29 is 24.2 Å². The second kappa shape index (κ2) is 27.6. The number of hydrogen-bond donors (Lipinski definition) is 2. The molecule has 6 unspecified atom stereocenters. The molecule has 0 spiro atoms. The quantitative estimate of drug-likeness (QED) is 0.0834. The van der Waals surface area contributed by atoms with E-state index in [9.17, 15) is 15.0 Å². The minimum Gasteiger partial charge on any atom is -0.379 e. The van der Waals surface area contributed by atoms with E-state index in [0.29, 0.717) is 24.2 Å². The molecule has 2 amide bonds. The molecular weight excluding hydrogens is 781 g/mol. The minimum absolute atomic E-state index is 0.279. The van der Waals surface area contributed by atoms with Crippen molar-refractivity contribution in [3.63, 3.8) is 0 Å². The highest BCUT2D eigenvalue weighted by Crippen LogP contribution is 2.44. The molecule has 1 aliphatic carbocycles. The van der Waals surface area contributed by atoms with Gasteiger partial charge in [0.1, 0.15) is 6.04 Å². The molecule has 3 rings (SSSR count). The van der Waals surface area contributed by atoms with E-state index in [2.05, 4.69) is 145 Å². The third-order valence-electron chi connectivity index (χ3n) is 13.5. The SMILES string of the molecule is CC=CC1=CC=CCN(C(C)CCC)C(=CC=C2CCC(=CC=C(CCC=CCC)N(C(=CC)CC)C(C)CCC)C2=C2C(O)N(CCCC)C(=O)[N+](C)(C(C)COC)C2O)CC1. The average molecular weight is 870 g/mol. The molecule has 2 aliphatic heterocycles. The monoisotopic (exact) mass is 870 g/mol. The number of methoxy groups -OCH3 is 1. The number of ether oxygens (including phenoxy) is 1. The first-order valence-electron chi connectivity index (χ1n) is 24.7. The van der Waals surface area contributed by atoms with Gasteiger partial charge in [0.05, 0.1) is 19.2 Å². The molecule has 0 bridgehead atoms. The number of aliphatic hydroxyl groups is 2. The predicted molar refractivity (Wildman–Crippen MR) is 266 cm³/mol. The number of quaternary nitrogens is 1. The summed E-state index contributed by atoms with van der Waals surface area (Å²) in [6, 6.07) is 0.0503. The zero-order valence-electron chi connectivity index (χ0n) is 41.8. The molecule has 8 heteroatoms. The van der Waals surface area contributed by atoms with Crippen LogP contribution in [0, 0.1) is 0 Å². The minimum atomic E-state index is -1.27. The number of urea groups is 1. The third-order valence-corrected chi connectivity index (χ3v) is 13.5. The van der Waals surface area contributed by atoms with Crippen molar-refractivity contribution in [2.24, 2.45) is 0 Å². The summed E-state index contributed by atoms with van der Waals surface area (Å²) in [5.41, 5.74) is 8.74. The molecule has 0 aromatic heterocycles. The van der Waals surface area contributed by atoms with Gasteiger partial charge in [-0.25, -0.2) is 9.28 Å². The first-order chi connectivity index (χ1) is 30.3. The van der Waals surface area contributed by atoms with Crippen LogP contribution in [0.25, 0.3) is 0 Å². The largest absolute Gasteiger partial charge is 0.424 e.